The van der Waals surface area contributed by atoms with E-state index in [0.29, 0.717) is 6.54 Å². The quantitative estimate of drug-likeness (QED) is 0.844. The van der Waals surface area contributed by atoms with Gasteiger partial charge in [0.1, 0.15) is 6.33 Å². The van der Waals surface area contributed by atoms with Gasteiger partial charge in [-0.3, -0.25) is 0 Å². The third-order valence-electron chi connectivity index (χ3n) is 0.793. The molecule has 0 aliphatic carbocycles. The van der Waals surface area contributed by atoms with E-state index in [4.69, 9.17) is 0 Å². The van der Waals surface area contributed by atoms with Crippen LogP contribution >= 0.6 is 27.5 Å². The molecule has 1 heterocycles. The summed E-state index contributed by atoms with van der Waals surface area (Å²) in [7, 11) is 0. The Morgan fingerprint density at radius 2 is 2.70 bits per heavy atom. The normalized spacial score (nSPS) is 9.30. The summed E-state index contributed by atoms with van der Waals surface area (Å²) < 4.78 is 4.73. The Morgan fingerprint density at radius 3 is 3.20 bits per heavy atom. The molecule has 0 amide bonds. The SMILES string of the molecule is C=C(Br)CNc1ncns1. The fraction of sp³-hybridized carbons (Fsp3) is 0.200. The van der Waals surface area contributed by atoms with Gasteiger partial charge in [-0.1, -0.05) is 22.5 Å². The predicted molar refractivity (Wildman–Crippen MR) is 46.5 cm³/mol. The second-order valence-electron chi connectivity index (χ2n) is 1.62. The van der Waals surface area contributed by atoms with Gasteiger partial charge in [0.2, 0.25) is 5.13 Å². The van der Waals surface area contributed by atoms with Gasteiger partial charge in [-0.25, -0.2) is 4.98 Å². The molecule has 0 radical (unpaired) electrons. The van der Waals surface area contributed by atoms with Crippen molar-refractivity contribution in [3.63, 3.8) is 0 Å². The van der Waals surface area contributed by atoms with Crippen LogP contribution < -0.4 is 5.32 Å². The molecular formula is C5H6BrN3S. The van der Waals surface area contributed by atoms with Gasteiger partial charge in [-0.15, -0.1) is 0 Å². The molecule has 0 fully saturated rings. The first-order valence-electron chi connectivity index (χ1n) is 2.63. The molecule has 0 saturated carbocycles. The van der Waals surface area contributed by atoms with Crippen molar-refractivity contribution in [3.8, 4) is 0 Å². The lowest BCUT2D eigenvalue weighted by atomic mass is 10.6. The van der Waals surface area contributed by atoms with Gasteiger partial charge >= 0.3 is 0 Å². The van der Waals surface area contributed by atoms with Crippen LogP contribution in [0.1, 0.15) is 0 Å². The maximum Gasteiger partial charge on any atom is 0.202 e. The van der Waals surface area contributed by atoms with E-state index in [9.17, 15) is 0 Å². The van der Waals surface area contributed by atoms with Crippen LogP contribution in [0.5, 0.6) is 0 Å². The molecule has 0 aliphatic heterocycles. The zero-order valence-electron chi connectivity index (χ0n) is 5.17. The molecule has 0 saturated heterocycles. The van der Waals surface area contributed by atoms with Crippen LogP contribution in [0.15, 0.2) is 17.4 Å². The van der Waals surface area contributed by atoms with Crippen molar-refractivity contribution in [1.82, 2.24) is 9.36 Å². The highest BCUT2D eigenvalue weighted by molar-refractivity contribution is 9.11. The summed E-state index contributed by atoms with van der Waals surface area (Å²) >= 11 is 4.55. The largest absolute Gasteiger partial charge is 0.356 e. The average Bonchev–Trinajstić information content (AvgIpc) is 2.34. The maximum atomic E-state index is 3.92. The Labute approximate surface area is 71.5 Å². The van der Waals surface area contributed by atoms with Crippen molar-refractivity contribution in [2.24, 2.45) is 0 Å². The summed E-state index contributed by atoms with van der Waals surface area (Å²) in [5.41, 5.74) is 0. The number of nitrogens with one attached hydrogen (secondary N) is 1. The average molecular weight is 220 g/mol. The van der Waals surface area contributed by atoms with Gasteiger partial charge in [-0.05, 0) is 0 Å². The highest BCUT2D eigenvalue weighted by atomic mass is 79.9. The van der Waals surface area contributed by atoms with Crippen LogP contribution in [0.25, 0.3) is 0 Å². The first kappa shape index (κ1) is 7.68. The Morgan fingerprint density at radius 1 is 1.90 bits per heavy atom. The van der Waals surface area contributed by atoms with Crippen LogP contribution in [0.2, 0.25) is 0 Å². The Hall–Kier alpha value is -0.420. The number of nitrogens with zero attached hydrogens (tertiary/aromatic N) is 2. The van der Waals surface area contributed by atoms with Crippen molar-refractivity contribution in [1.29, 1.82) is 0 Å². The summed E-state index contributed by atoms with van der Waals surface area (Å²) in [5, 5.41) is 3.84. The smallest absolute Gasteiger partial charge is 0.202 e. The van der Waals surface area contributed by atoms with Crippen molar-refractivity contribution < 1.29 is 0 Å². The molecule has 1 N–H and O–H groups in total. The van der Waals surface area contributed by atoms with Gasteiger partial charge in [0.25, 0.3) is 0 Å². The third kappa shape index (κ3) is 2.45. The van der Waals surface area contributed by atoms with Gasteiger partial charge in [0.15, 0.2) is 0 Å². The maximum absolute atomic E-state index is 3.92. The van der Waals surface area contributed by atoms with E-state index in [1.54, 1.807) is 0 Å². The lowest BCUT2D eigenvalue weighted by Crippen LogP contribution is -1.99. The number of anilines is 1. The van der Waals surface area contributed by atoms with Gasteiger partial charge in [-0.2, -0.15) is 4.37 Å². The molecule has 10 heavy (non-hydrogen) atoms. The Balaban J connectivity index is 2.35. The molecule has 5 heteroatoms. The van der Waals surface area contributed by atoms with Crippen molar-refractivity contribution >= 4 is 32.6 Å². The Bertz CT molecular complexity index is 209. The zero-order valence-corrected chi connectivity index (χ0v) is 7.57. The number of hydrogen-bond donors (Lipinski definition) is 1. The first-order valence-corrected chi connectivity index (χ1v) is 4.19. The molecule has 0 atom stereocenters. The first-order chi connectivity index (χ1) is 4.79. The van der Waals surface area contributed by atoms with E-state index in [2.05, 4.69) is 37.2 Å². The molecule has 0 bridgehead atoms. The third-order valence-corrected chi connectivity index (χ3v) is 1.70. The van der Waals surface area contributed by atoms with Crippen LogP contribution in [-0.4, -0.2) is 15.9 Å². The number of aromatic nitrogens is 2. The summed E-state index contributed by atoms with van der Waals surface area (Å²) in [6.45, 7) is 4.35. The van der Waals surface area contributed by atoms with Crippen LogP contribution in [0.3, 0.4) is 0 Å². The lowest BCUT2D eigenvalue weighted by molar-refractivity contribution is 1.25. The molecule has 54 valence electrons. The monoisotopic (exact) mass is 219 g/mol. The van der Waals surface area contributed by atoms with E-state index in [1.807, 2.05) is 0 Å². The van der Waals surface area contributed by atoms with E-state index < -0.39 is 0 Å². The van der Waals surface area contributed by atoms with Crippen LogP contribution in [-0.2, 0) is 0 Å². The van der Waals surface area contributed by atoms with Crippen molar-refractivity contribution in [2.45, 2.75) is 0 Å². The lowest BCUT2D eigenvalue weighted by Gasteiger charge is -1.96. The van der Waals surface area contributed by atoms with Gasteiger partial charge in [0, 0.05) is 22.6 Å². The van der Waals surface area contributed by atoms with Crippen LogP contribution in [0.4, 0.5) is 5.13 Å². The van der Waals surface area contributed by atoms with Gasteiger partial charge < -0.3 is 5.32 Å². The number of halogens is 1. The Kier molecular flexibility index (Phi) is 2.82. The van der Waals surface area contributed by atoms with Crippen molar-refractivity contribution in [3.05, 3.63) is 17.4 Å². The molecule has 0 spiro atoms. The van der Waals surface area contributed by atoms with Crippen molar-refractivity contribution in [2.75, 3.05) is 11.9 Å². The summed E-state index contributed by atoms with van der Waals surface area (Å²) in [6, 6.07) is 0. The molecule has 1 aromatic rings. The topological polar surface area (TPSA) is 37.8 Å². The molecule has 0 aliphatic rings. The van der Waals surface area contributed by atoms with Crippen LogP contribution in [0, 0.1) is 0 Å². The minimum Gasteiger partial charge on any atom is -0.356 e. The van der Waals surface area contributed by atoms with E-state index in [0.717, 1.165) is 9.61 Å². The molecular weight excluding hydrogens is 214 g/mol. The fourth-order valence-corrected chi connectivity index (χ4v) is 0.988. The predicted octanol–water partition coefficient (Wildman–Crippen LogP) is 1.86. The summed E-state index contributed by atoms with van der Waals surface area (Å²) in [4.78, 5) is 3.92. The summed E-state index contributed by atoms with van der Waals surface area (Å²) in [5.74, 6) is 0. The standard InChI is InChI=1S/C5H6BrN3S/c1-4(6)2-7-5-8-3-9-10-5/h3H,1-2H2,(H,7,8,9). The summed E-state index contributed by atoms with van der Waals surface area (Å²) in [6.07, 6.45) is 1.52. The number of rotatable bonds is 3. The second kappa shape index (κ2) is 3.68. The molecule has 0 aromatic carbocycles. The molecule has 1 aromatic heterocycles. The minimum absolute atomic E-state index is 0.690. The highest BCUT2D eigenvalue weighted by Gasteiger charge is 1.93. The second-order valence-corrected chi connectivity index (χ2v) is 3.52. The number of hydrogen-bond acceptors (Lipinski definition) is 4. The molecule has 1 rings (SSSR count). The fourth-order valence-electron chi connectivity index (χ4n) is 0.423. The van der Waals surface area contributed by atoms with E-state index >= 15 is 0 Å². The minimum atomic E-state index is 0.690. The molecule has 3 nitrogen and oxygen atoms in total. The zero-order chi connectivity index (χ0) is 7.40. The van der Waals surface area contributed by atoms with Gasteiger partial charge in [0.05, 0.1) is 0 Å². The van der Waals surface area contributed by atoms with E-state index in [1.165, 1.54) is 17.9 Å². The highest BCUT2D eigenvalue weighted by Crippen LogP contribution is 2.08. The molecule has 0 unspecified atom stereocenters. The van der Waals surface area contributed by atoms with E-state index in [-0.39, 0.29) is 0 Å².